The van der Waals surface area contributed by atoms with Crippen LogP contribution in [0.3, 0.4) is 0 Å². The van der Waals surface area contributed by atoms with Gasteiger partial charge >= 0.3 is 5.97 Å². The first-order chi connectivity index (χ1) is 14.7. The van der Waals surface area contributed by atoms with E-state index in [1.54, 1.807) is 10.6 Å². The van der Waals surface area contributed by atoms with Gasteiger partial charge in [-0.05, 0) is 24.1 Å². The fourth-order valence-corrected chi connectivity index (χ4v) is 3.97. The van der Waals surface area contributed by atoms with Gasteiger partial charge in [0, 0.05) is 0 Å². The summed E-state index contributed by atoms with van der Waals surface area (Å²) in [6, 6.07) is 17.1. The minimum atomic E-state index is -0.285. The summed E-state index contributed by atoms with van der Waals surface area (Å²) in [5.41, 5.74) is 1.59. The monoisotopic (exact) mass is 422 g/mol. The van der Waals surface area contributed by atoms with Crippen LogP contribution in [0.15, 0.2) is 64.5 Å². The molecule has 0 radical (unpaired) electrons. The molecular formula is C22H22N4O3S. The number of aromatic nitrogens is 4. The van der Waals surface area contributed by atoms with Crippen LogP contribution < -0.4 is 5.56 Å². The fourth-order valence-electron chi connectivity index (χ4n) is 3.23. The highest BCUT2D eigenvalue weighted by Gasteiger charge is 2.18. The third-order valence-electron chi connectivity index (χ3n) is 4.74. The van der Waals surface area contributed by atoms with Crippen molar-refractivity contribution in [3.8, 4) is 0 Å². The van der Waals surface area contributed by atoms with Crippen molar-refractivity contribution in [2.45, 2.75) is 31.5 Å². The third kappa shape index (κ3) is 4.09. The number of hydrogen-bond donors (Lipinski definition) is 0. The van der Waals surface area contributed by atoms with Crippen LogP contribution in [-0.4, -0.2) is 37.5 Å². The van der Waals surface area contributed by atoms with Crippen LogP contribution in [0.25, 0.3) is 16.7 Å². The standard InChI is InChI=1S/C22H22N4O3S/c1-2-3-13-29-19(27)15-30-22-24-23-21-25(14-16-9-5-4-6-10-16)20(28)17-11-7-8-12-18(17)26(21)22/h4-12H,2-3,13-15H2,1H3. The van der Waals surface area contributed by atoms with E-state index in [2.05, 4.69) is 10.2 Å². The van der Waals surface area contributed by atoms with Crippen LogP contribution in [0.2, 0.25) is 0 Å². The molecule has 2 heterocycles. The quantitative estimate of drug-likeness (QED) is 0.246. The Morgan fingerprint density at radius 3 is 2.63 bits per heavy atom. The first-order valence-corrected chi connectivity index (χ1v) is 10.9. The minimum absolute atomic E-state index is 0.120. The van der Waals surface area contributed by atoms with Crippen molar-refractivity contribution in [3.63, 3.8) is 0 Å². The first-order valence-electron chi connectivity index (χ1n) is 9.88. The number of rotatable bonds is 8. The maximum atomic E-state index is 13.2. The molecule has 30 heavy (non-hydrogen) atoms. The topological polar surface area (TPSA) is 78.5 Å². The Hall–Kier alpha value is -3.13. The molecule has 0 aliphatic rings. The summed E-state index contributed by atoms with van der Waals surface area (Å²) in [5, 5.41) is 9.68. The molecule has 2 aromatic carbocycles. The summed E-state index contributed by atoms with van der Waals surface area (Å²) < 4.78 is 8.69. The zero-order chi connectivity index (χ0) is 20.9. The highest BCUT2D eigenvalue weighted by Crippen LogP contribution is 2.22. The van der Waals surface area contributed by atoms with E-state index in [9.17, 15) is 9.59 Å². The lowest BCUT2D eigenvalue weighted by molar-refractivity contribution is -0.140. The molecule has 0 saturated heterocycles. The van der Waals surface area contributed by atoms with E-state index in [0.29, 0.717) is 35.0 Å². The highest BCUT2D eigenvalue weighted by molar-refractivity contribution is 7.99. The Labute approximate surface area is 177 Å². The number of unbranched alkanes of at least 4 members (excludes halogenated alkanes) is 1. The summed E-state index contributed by atoms with van der Waals surface area (Å²) in [6.45, 7) is 2.86. The zero-order valence-electron chi connectivity index (χ0n) is 16.7. The van der Waals surface area contributed by atoms with Crippen LogP contribution >= 0.6 is 11.8 Å². The van der Waals surface area contributed by atoms with Gasteiger partial charge in [0.1, 0.15) is 0 Å². The normalized spacial score (nSPS) is 11.2. The summed E-state index contributed by atoms with van der Waals surface area (Å²) >= 11 is 1.26. The maximum Gasteiger partial charge on any atom is 0.316 e. The van der Waals surface area contributed by atoms with Crippen molar-refractivity contribution in [2.24, 2.45) is 0 Å². The molecule has 0 aliphatic carbocycles. The largest absolute Gasteiger partial charge is 0.465 e. The third-order valence-corrected chi connectivity index (χ3v) is 5.64. The van der Waals surface area contributed by atoms with Crippen molar-refractivity contribution in [3.05, 3.63) is 70.5 Å². The van der Waals surface area contributed by atoms with Gasteiger partial charge in [-0.2, -0.15) is 0 Å². The van der Waals surface area contributed by atoms with E-state index < -0.39 is 0 Å². The number of benzene rings is 2. The lowest BCUT2D eigenvalue weighted by Crippen LogP contribution is -2.24. The number of carbonyl (C=O) groups excluding carboxylic acids is 1. The molecule has 7 nitrogen and oxygen atoms in total. The van der Waals surface area contributed by atoms with Crippen LogP contribution in [0.4, 0.5) is 0 Å². The Balaban J connectivity index is 1.73. The number of para-hydroxylation sites is 1. The van der Waals surface area contributed by atoms with Gasteiger partial charge in [0.25, 0.3) is 5.56 Å². The number of carbonyl (C=O) groups is 1. The van der Waals surface area contributed by atoms with E-state index in [1.807, 2.05) is 59.9 Å². The average Bonchev–Trinajstić information content (AvgIpc) is 3.20. The van der Waals surface area contributed by atoms with Gasteiger partial charge in [0.15, 0.2) is 5.16 Å². The molecule has 0 aliphatic heterocycles. The van der Waals surface area contributed by atoms with Gasteiger partial charge < -0.3 is 4.74 Å². The Morgan fingerprint density at radius 1 is 1.07 bits per heavy atom. The number of hydrogen-bond acceptors (Lipinski definition) is 6. The summed E-state index contributed by atoms with van der Waals surface area (Å²) in [5.74, 6) is 0.299. The SMILES string of the molecule is CCCCOC(=O)CSc1nnc2n(Cc3ccccc3)c(=O)c3ccccc3n12. The number of ether oxygens (including phenoxy) is 1. The summed E-state index contributed by atoms with van der Waals surface area (Å²) in [6.07, 6.45) is 1.82. The molecule has 154 valence electrons. The van der Waals surface area contributed by atoms with Crippen molar-refractivity contribution >= 4 is 34.4 Å². The van der Waals surface area contributed by atoms with Gasteiger partial charge in [0.05, 0.1) is 29.8 Å². The molecule has 0 spiro atoms. The van der Waals surface area contributed by atoms with E-state index >= 15 is 0 Å². The highest BCUT2D eigenvalue weighted by atomic mass is 32.2. The predicted octanol–water partition coefficient (Wildman–Crippen LogP) is 3.53. The van der Waals surface area contributed by atoms with Gasteiger partial charge in [-0.25, -0.2) is 0 Å². The second-order valence-electron chi connectivity index (χ2n) is 6.87. The van der Waals surface area contributed by atoms with Gasteiger partial charge in [-0.1, -0.05) is 67.6 Å². The molecule has 0 bridgehead atoms. The van der Waals surface area contributed by atoms with E-state index in [1.165, 1.54) is 11.8 Å². The van der Waals surface area contributed by atoms with E-state index in [4.69, 9.17) is 4.74 Å². The van der Waals surface area contributed by atoms with Crippen molar-refractivity contribution < 1.29 is 9.53 Å². The first kappa shape index (κ1) is 20.2. The molecule has 2 aromatic heterocycles. The Kier molecular flexibility index (Phi) is 6.13. The lowest BCUT2D eigenvalue weighted by atomic mass is 10.2. The molecular weight excluding hydrogens is 400 g/mol. The molecule has 4 rings (SSSR count). The second-order valence-corrected chi connectivity index (χ2v) is 7.82. The molecule has 0 unspecified atom stereocenters. The number of esters is 1. The second kappa shape index (κ2) is 9.13. The summed E-state index contributed by atoms with van der Waals surface area (Å²) in [7, 11) is 0. The van der Waals surface area contributed by atoms with Gasteiger partial charge in [-0.3, -0.25) is 18.6 Å². The Morgan fingerprint density at radius 2 is 1.83 bits per heavy atom. The molecule has 0 saturated carbocycles. The Bertz CT molecular complexity index is 1230. The van der Waals surface area contributed by atoms with Crippen LogP contribution in [-0.2, 0) is 16.1 Å². The molecule has 8 heteroatoms. The van der Waals surface area contributed by atoms with E-state index in [0.717, 1.165) is 18.4 Å². The van der Waals surface area contributed by atoms with Gasteiger partial charge in [0.2, 0.25) is 5.78 Å². The maximum absolute atomic E-state index is 13.2. The van der Waals surface area contributed by atoms with Crippen molar-refractivity contribution in [2.75, 3.05) is 12.4 Å². The molecule has 0 fully saturated rings. The van der Waals surface area contributed by atoms with Crippen LogP contribution in [0.1, 0.15) is 25.3 Å². The molecule has 0 atom stereocenters. The number of nitrogens with zero attached hydrogens (tertiary/aromatic N) is 4. The average molecular weight is 423 g/mol. The molecule has 0 amide bonds. The van der Waals surface area contributed by atoms with Crippen molar-refractivity contribution in [1.82, 2.24) is 19.2 Å². The summed E-state index contributed by atoms with van der Waals surface area (Å²) in [4.78, 5) is 25.2. The fraction of sp³-hybridized carbons (Fsp3) is 0.273. The van der Waals surface area contributed by atoms with Crippen LogP contribution in [0, 0.1) is 0 Å². The number of fused-ring (bicyclic) bond motifs is 3. The van der Waals surface area contributed by atoms with Crippen LogP contribution in [0.5, 0.6) is 0 Å². The van der Waals surface area contributed by atoms with Gasteiger partial charge in [-0.15, -0.1) is 10.2 Å². The van der Waals surface area contributed by atoms with Crippen molar-refractivity contribution in [1.29, 1.82) is 0 Å². The smallest absolute Gasteiger partial charge is 0.316 e. The van der Waals surface area contributed by atoms with E-state index in [-0.39, 0.29) is 17.3 Å². The zero-order valence-corrected chi connectivity index (χ0v) is 17.5. The predicted molar refractivity (Wildman–Crippen MR) is 117 cm³/mol. The lowest BCUT2D eigenvalue weighted by Gasteiger charge is -2.11. The molecule has 0 N–H and O–H groups in total. The minimum Gasteiger partial charge on any atom is -0.465 e. The molecule has 4 aromatic rings. The number of thioether (sulfide) groups is 1.